The highest BCUT2D eigenvalue weighted by atomic mass is 35.5. The van der Waals surface area contributed by atoms with Crippen LogP contribution in [0.3, 0.4) is 0 Å². The zero-order chi connectivity index (χ0) is 16.7. The van der Waals surface area contributed by atoms with Gasteiger partial charge in [-0.15, -0.1) is 0 Å². The van der Waals surface area contributed by atoms with Crippen molar-refractivity contribution in [3.8, 4) is 11.1 Å². The number of aromatic amines is 1. The van der Waals surface area contributed by atoms with Crippen LogP contribution in [0.4, 0.5) is 4.39 Å². The fraction of sp³-hybridized carbons (Fsp3) is 0.316. The fourth-order valence-corrected chi connectivity index (χ4v) is 3.94. The number of hydrogen-bond donors (Lipinski definition) is 1. The molecule has 0 spiro atoms. The van der Waals surface area contributed by atoms with E-state index in [1.807, 2.05) is 18.2 Å². The Morgan fingerprint density at radius 2 is 2.04 bits per heavy atom. The number of rotatable bonds is 2. The van der Waals surface area contributed by atoms with E-state index in [0.717, 1.165) is 42.1 Å². The zero-order valence-corrected chi connectivity index (χ0v) is 14.3. The topological polar surface area (TPSA) is 31.9 Å². The summed E-state index contributed by atoms with van der Waals surface area (Å²) >= 11 is 6.58. The lowest BCUT2D eigenvalue weighted by Crippen LogP contribution is -2.29. The van der Waals surface area contributed by atoms with Crippen LogP contribution in [0.25, 0.3) is 22.2 Å². The third-order valence-electron chi connectivity index (χ3n) is 5.00. The zero-order valence-electron chi connectivity index (χ0n) is 13.5. The lowest BCUT2D eigenvalue weighted by molar-refractivity contribution is 0.255. The molecule has 2 aromatic heterocycles. The molecule has 3 heterocycles. The summed E-state index contributed by atoms with van der Waals surface area (Å²) in [6.45, 7) is 2.20. The average Bonchev–Trinajstić information content (AvgIpc) is 2.97. The molecule has 0 radical (unpaired) electrons. The minimum Gasteiger partial charge on any atom is -0.343 e. The van der Waals surface area contributed by atoms with Gasteiger partial charge in [0.1, 0.15) is 5.65 Å². The van der Waals surface area contributed by atoms with Gasteiger partial charge in [-0.25, -0.2) is 9.37 Å². The molecule has 0 atom stereocenters. The van der Waals surface area contributed by atoms with Gasteiger partial charge in [-0.3, -0.25) is 0 Å². The molecule has 3 aromatic rings. The van der Waals surface area contributed by atoms with Crippen molar-refractivity contribution in [3.05, 3.63) is 53.1 Å². The summed E-state index contributed by atoms with van der Waals surface area (Å²) in [6.07, 6.45) is 5.28. The number of aromatic nitrogens is 2. The van der Waals surface area contributed by atoms with Crippen molar-refractivity contribution < 1.29 is 4.39 Å². The minimum absolute atomic E-state index is 0.288. The van der Waals surface area contributed by atoms with Crippen LogP contribution >= 0.6 is 11.6 Å². The summed E-state index contributed by atoms with van der Waals surface area (Å²) in [5.41, 5.74) is 3.49. The van der Waals surface area contributed by atoms with E-state index in [1.165, 1.54) is 11.8 Å². The van der Waals surface area contributed by atoms with Crippen molar-refractivity contribution in [2.24, 2.45) is 0 Å². The summed E-state index contributed by atoms with van der Waals surface area (Å²) in [4.78, 5) is 9.38. The Kier molecular flexibility index (Phi) is 4.02. The number of hydrogen-bond acceptors (Lipinski definition) is 2. The highest BCUT2D eigenvalue weighted by molar-refractivity contribution is 6.31. The third kappa shape index (κ3) is 2.70. The minimum atomic E-state index is -0.288. The Hall–Kier alpha value is -1.91. The molecule has 0 bridgehead atoms. The second-order valence-corrected chi connectivity index (χ2v) is 6.94. The number of H-pyrrole nitrogens is 1. The van der Waals surface area contributed by atoms with Gasteiger partial charge in [0.25, 0.3) is 0 Å². The van der Waals surface area contributed by atoms with Gasteiger partial charge in [-0.05, 0) is 67.7 Å². The smallest absolute Gasteiger partial charge is 0.150 e. The number of benzene rings is 1. The van der Waals surface area contributed by atoms with Crippen LogP contribution in [0.15, 0.2) is 36.7 Å². The van der Waals surface area contributed by atoms with Crippen LogP contribution in [0.5, 0.6) is 0 Å². The molecule has 0 aliphatic carbocycles. The number of nitrogens with one attached hydrogen (secondary N) is 1. The second kappa shape index (κ2) is 6.19. The van der Waals surface area contributed by atoms with Crippen LogP contribution in [0, 0.1) is 5.82 Å². The first kappa shape index (κ1) is 15.6. The Bertz CT molecular complexity index is 881. The van der Waals surface area contributed by atoms with E-state index >= 15 is 0 Å². The molecule has 3 nitrogen and oxygen atoms in total. The lowest BCUT2D eigenvalue weighted by atomic mass is 9.88. The first-order valence-corrected chi connectivity index (χ1v) is 8.61. The molecule has 1 aromatic carbocycles. The van der Waals surface area contributed by atoms with E-state index in [4.69, 9.17) is 11.6 Å². The summed E-state index contributed by atoms with van der Waals surface area (Å²) in [6, 6.07) is 7.93. The summed E-state index contributed by atoms with van der Waals surface area (Å²) in [5.74, 6) is 0.216. The maximum Gasteiger partial charge on any atom is 0.150 e. The first-order chi connectivity index (χ1) is 11.6. The van der Waals surface area contributed by atoms with Crippen molar-refractivity contribution >= 4 is 22.6 Å². The molecular weight excluding hydrogens is 325 g/mol. The highest BCUT2D eigenvalue weighted by Crippen LogP contribution is 2.36. The SMILES string of the molecule is CN1CCC(c2ccc(-c3ccnc4[nH]cc(F)c34)cc2Cl)CC1. The van der Waals surface area contributed by atoms with Gasteiger partial charge in [0.05, 0.1) is 5.39 Å². The van der Waals surface area contributed by atoms with Crippen LogP contribution < -0.4 is 0 Å². The van der Waals surface area contributed by atoms with E-state index in [-0.39, 0.29) is 5.82 Å². The number of pyridine rings is 1. The molecule has 0 unspecified atom stereocenters. The predicted octanol–water partition coefficient (Wildman–Crippen LogP) is 4.83. The Labute approximate surface area is 145 Å². The molecule has 24 heavy (non-hydrogen) atoms. The molecule has 0 amide bonds. The molecule has 1 N–H and O–H groups in total. The number of halogens is 2. The van der Waals surface area contributed by atoms with Crippen molar-refractivity contribution in [3.63, 3.8) is 0 Å². The van der Waals surface area contributed by atoms with Gasteiger partial charge in [0, 0.05) is 17.4 Å². The van der Waals surface area contributed by atoms with Gasteiger partial charge >= 0.3 is 0 Å². The Morgan fingerprint density at radius 1 is 1.25 bits per heavy atom. The van der Waals surface area contributed by atoms with Crippen LogP contribution in [-0.4, -0.2) is 35.0 Å². The normalized spacial score (nSPS) is 16.8. The molecule has 5 heteroatoms. The van der Waals surface area contributed by atoms with E-state index < -0.39 is 0 Å². The molecule has 4 rings (SSSR count). The maximum atomic E-state index is 14.1. The van der Waals surface area contributed by atoms with Crippen molar-refractivity contribution in [1.82, 2.24) is 14.9 Å². The van der Waals surface area contributed by atoms with E-state index in [1.54, 1.807) is 6.20 Å². The molecule has 1 aliphatic rings. The fourth-order valence-electron chi connectivity index (χ4n) is 3.60. The lowest BCUT2D eigenvalue weighted by Gasteiger charge is -2.29. The maximum absolute atomic E-state index is 14.1. The van der Waals surface area contributed by atoms with Gasteiger partial charge in [0.15, 0.2) is 5.82 Å². The molecule has 0 saturated carbocycles. The second-order valence-electron chi connectivity index (χ2n) is 6.53. The molecule has 1 aliphatic heterocycles. The number of piperidine rings is 1. The third-order valence-corrected chi connectivity index (χ3v) is 5.32. The van der Waals surface area contributed by atoms with Gasteiger partial charge < -0.3 is 9.88 Å². The molecule has 1 fully saturated rings. The van der Waals surface area contributed by atoms with Crippen molar-refractivity contribution in [1.29, 1.82) is 0 Å². The van der Waals surface area contributed by atoms with Crippen molar-refractivity contribution in [2.75, 3.05) is 20.1 Å². The quantitative estimate of drug-likeness (QED) is 0.722. The Balaban J connectivity index is 1.72. The summed E-state index contributed by atoms with van der Waals surface area (Å²) in [7, 11) is 2.15. The molecule has 1 saturated heterocycles. The monoisotopic (exact) mass is 343 g/mol. The number of fused-ring (bicyclic) bond motifs is 1. The summed E-state index contributed by atoms with van der Waals surface area (Å²) in [5, 5.41) is 1.28. The first-order valence-electron chi connectivity index (χ1n) is 8.23. The largest absolute Gasteiger partial charge is 0.343 e. The Morgan fingerprint density at radius 3 is 2.79 bits per heavy atom. The van der Waals surface area contributed by atoms with E-state index in [9.17, 15) is 4.39 Å². The highest BCUT2D eigenvalue weighted by Gasteiger charge is 2.21. The standard InChI is InChI=1S/C19H19ClFN3/c1-24-8-5-12(6-9-24)14-3-2-13(10-16(14)20)15-4-7-22-19-18(15)17(21)11-23-19/h2-4,7,10-12H,5-6,8-9H2,1H3,(H,22,23). The average molecular weight is 344 g/mol. The van der Waals surface area contributed by atoms with Crippen LogP contribution in [0.2, 0.25) is 5.02 Å². The predicted molar refractivity (Wildman–Crippen MR) is 96.0 cm³/mol. The number of nitrogens with zero attached hydrogens (tertiary/aromatic N) is 2. The molecule has 124 valence electrons. The van der Waals surface area contributed by atoms with Gasteiger partial charge in [-0.1, -0.05) is 23.7 Å². The van der Waals surface area contributed by atoms with Crippen LogP contribution in [-0.2, 0) is 0 Å². The van der Waals surface area contributed by atoms with E-state index in [0.29, 0.717) is 17.0 Å². The van der Waals surface area contributed by atoms with Gasteiger partial charge in [-0.2, -0.15) is 0 Å². The van der Waals surface area contributed by atoms with E-state index in [2.05, 4.69) is 28.0 Å². The van der Waals surface area contributed by atoms with Crippen molar-refractivity contribution in [2.45, 2.75) is 18.8 Å². The summed E-state index contributed by atoms with van der Waals surface area (Å²) < 4.78 is 14.1. The molecular formula is C19H19ClFN3. The van der Waals surface area contributed by atoms with Gasteiger partial charge in [0.2, 0.25) is 0 Å². The number of likely N-dealkylation sites (tertiary alicyclic amines) is 1. The van der Waals surface area contributed by atoms with Crippen LogP contribution in [0.1, 0.15) is 24.3 Å².